The predicted octanol–water partition coefficient (Wildman–Crippen LogP) is 1.53. The van der Waals surface area contributed by atoms with Crippen molar-refractivity contribution in [3.63, 3.8) is 0 Å². The fourth-order valence-corrected chi connectivity index (χ4v) is 3.70. The van der Waals surface area contributed by atoms with Crippen molar-refractivity contribution in [3.05, 3.63) is 28.8 Å². The highest BCUT2D eigenvalue weighted by molar-refractivity contribution is 7.88. The molecule has 1 aliphatic rings. The summed E-state index contributed by atoms with van der Waals surface area (Å²) in [7, 11) is -3.10. The lowest BCUT2D eigenvalue weighted by molar-refractivity contribution is 0.387. The van der Waals surface area contributed by atoms with Crippen molar-refractivity contribution in [2.45, 2.75) is 13.5 Å². The molecule has 1 saturated heterocycles. The number of benzene rings is 1. The van der Waals surface area contributed by atoms with Gasteiger partial charge in [0.1, 0.15) is 0 Å². The van der Waals surface area contributed by atoms with Crippen LogP contribution in [0.25, 0.3) is 0 Å². The third kappa shape index (κ3) is 4.10. The van der Waals surface area contributed by atoms with E-state index in [1.165, 1.54) is 10.6 Å². The summed E-state index contributed by atoms with van der Waals surface area (Å²) in [5, 5.41) is 4.03. The number of halogens is 1. The van der Waals surface area contributed by atoms with E-state index < -0.39 is 10.0 Å². The fourth-order valence-electron chi connectivity index (χ4n) is 2.56. The monoisotopic (exact) mass is 331 g/mol. The van der Waals surface area contributed by atoms with Crippen LogP contribution in [0.3, 0.4) is 0 Å². The van der Waals surface area contributed by atoms with Crippen LogP contribution in [0.4, 0.5) is 5.69 Å². The predicted molar refractivity (Wildman–Crippen MR) is 87.5 cm³/mol. The summed E-state index contributed by atoms with van der Waals surface area (Å²) in [6.45, 7) is 6.06. The lowest BCUT2D eigenvalue weighted by Crippen LogP contribution is -2.48. The van der Waals surface area contributed by atoms with E-state index in [0.717, 1.165) is 29.4 Å². The highest BCUT2D eigenvalue weighted by Gasteiger charge is 2.25. The second kappa shape index (κ2) is 6.96. The molecule has 0 bridgehead atoms. The maximum atomic E-state index is 11.6. The molecule has 7 heteroatoms. The maximum Gasteiger partial charge on any atom is 0.211 e. The Kier molecular flexibility index (Phi) is 5.48. The van der Waals surface area contributed by atoms with Crippen LogP contribution in [0.2, 0.25) is 5.02 Å². The number of sulfonamides is 1. The Bertz CT molecular complexity index is 584. The average molecular weight is 332 g/mol. The van der Waals surface area contributed by atoms with Crippen LogP contribution in [0, 0.1) is 0 Å². The van der Waals surface area contributed by atoms with Crippen molar-refractivity contribution in [1.29, 1.82) is 0 Å². The van der Waals surface area contributed by atoms with Gasteiger partial charge < -0.3 is 10.2 Å². The Balaban J connectivity index is 2.16. The Morgan fingerprint density at radius 2 is 1.90 bits per heavy atom. The van der Waals surface area contributed by atoms with Gasteiger partial charge in [0.15, 0.2) is 0 Å². The zero-order chi connectivity index (χ0) is 15.5. The molecule has 1 heterocycles. The maximum absolute atomic E-state index is 11.6. The van der Waals surface area contributed by atoms with Crippen LogP contribution in [-0.4, -0.2) is 51.7 Å². The highest BCUT2D eigenvalue weighted by atomic mass is 35.5. The van der Waals surface area contributed by atoms with Gasteiger partial charge in [0.2, 0.25) is 10.0 Å². The number of para-hydroxylation sites is 1. The van der Waals surface area contributed by atoms with Gasteiger partial charge in [-0.25, -0.2) is 8.42 Å². The second-order valence-corrected chi connectivity index (χ2v) is 7.57. The van der Waals surface area contributed by atoms with E-state index in [1.807, 2.05) is 12.1 Å². The molecule has 21 heavy (non-hydrogen) atoms. The van der Waals surface area contributed by atoms with Crippen molar-refractivity contribution >= 4 is 27.3 Å². The minimum absolute atomic E-state index is 0.505. The molecule has 0 radical (unpaired) electrons. The van der Waals surface area contributed by atoms with E-state index in [-0.39, 0.29) is 0 Å². The summed E-state index contributed by atoms with van der Waals surface area (Å²) in [6, 6.07) is 5.90. The SMILES string of the molecule is CCNCc1cccc(Cl)c1N1CCN(S(C)(=O)=O)CC1. The normalized spacial score (nSPS) is 17.2. The van der Waals surface area contributed by atoms with E-state index in [0.29, 0.717) is 26.2 Å². The molecular formula is C14H22ClN3O2S. The molecule has 0 spiro atoms. The van der Waals surface area contributed by atoms with Crippen molar-refractivity contribution in [1.82, 2.24) is 9.62 Å². The summed E-state index contributed by atoms with van der Waals surface area (Å²) in [5.41, 5.74) is 2.17. The van der Waals surface area contributed by atoms with Gasteiger partial charge in [0.05, 0.1) is 17.0 Å². The van der Waals surface area contributed by atoms with E-state index in [2.05, 4.69) is 23.2 Å². The Labute approximate surface area is 131 Å². The van der Waals surface area contributed by atoms with E-state index in [1.54, 1.807) is 0 Å². The standard InChI is InChI=1S/C14H22ClN3O2S/c1-3-16-11-12-5-4-6-13(15)14(12)17-7-9-18(10-8-17)21(2,19)20/h4-6,16H,3,7-11H2,1-2H3. The van der Waals surface area contributed by atoms with Crippen LogP contribution < -0.4 is 10.2 Å². The lowest BCUT2D eigenvalue weighted by atomic mass is 10.1. The number of hydrogen-bond donors (Lipinski definition) is 1. The molecule has 1 aromatic rings. The Morgan fingerprint density at radius 1 is 1.24 bits per heavy atom. The molecule has 1 N–H and O–H groups in total. The van der Waals surface area contributed by atoms with Gasteiger partial charge in [-0.05, 0) is 18.2 Å². The molecule has 0 amide bonds. The summed E-state index contributed by atoms with van der Waals surface area (Å²) < 4.78 is 24.7. The van der Waals surface area contributed by atoms with Crippen LogP contribution in [0.1, 0.15) is 12.5 Å². The summed E-state index contributed by atoms with van der Waals surface area (Å²) in [6.07, 6.45) is 1.26. The summed E-state index contributed by atoms with van der Waals surface area (Å²) in [4.78, 5) is 2.18. The molecule has 5 nitrogen and oxygen atoms in total. The fraction of sp³-hybridized carbons (Fsp3) is 0.571. The van der Waals surface area contributed by atoms with Crippen LogP contribution in [0.15, 0.2) is 18.2 Å². The van der Waals surface area contributed by atoms with Crippen molar-refractivity contribution in [2.75, 3.05) is 43.9 Å². The molecule has 1 aliphatic heterocycles. The first-order valence-corrected chi connectivity index (χ1v) is 9.34. The molecular weight excluding hydrogens is 310 g/mol. The molecule has 0 aromatic heterocycles. The highest BCUT2D eigenvalue weighted by Crippen LogP contribution is 2.31. The number of anilines is 1. The van der Waals surface area contributed by atoms with Gasteiger partial charge in [-0.15, -0.1) is 0 Å². The minimum atomic E-state index is -3.10. The molecule has 118 valence electrons. The minimum Gasteiger partial charge on any atom is -0.367 e. The van der Waals surface area contributed by atoms with E-state index >= 15 is 0 Å². The number of rotatable bonds is 5. The van der Waals surface area contributed by atoms with Gasteiger partial charge in [-0.1, -0.05) is 30.7 Å². The average Bonchev–Trinajstić information content (AvgIpc) is 2.44. The third-order valence-electron chi connectivity index (χ3n) is 3.66. The van der Waals surface area contributed by atoms with Crippen LogP contribution in [-0.2, 0) is 16.6 Å². The van der Waals surface area contributed by atoms with Crippen LogP contribution in [0.5, 0.6) is 0 Å². The first-order valence-electron chi connectivity index (χ1n) is 7.11. The van der Waals surface area contributed by atoms with Crippen molar-refractivity contribution in [3.8, 4) is 0 Å². The van der Waals surface area contributed by atoms with Gasteiger partial charge in [-0.2, -0.15) is 4.31 Å². The molecule has 1 aromatic carbocycles. The first-order chi connectivity index (χ1) is 9.93. The second-order valence-electron chi connectivity index (χ2n) is 5.18. The molecule has 2 rings (SSSR count). The molecule has 0 unspecified atom stereocenters. The van der Waals surface area contributed by atoms with Gasteiger partial charge >= 0.3 is 0 Å². The largest absolute Gasteiger partial charge is 0.367 e. The van der Waals surface area contributed by atoms with Crippen molar-refractivity contribution < 1.29 is 8.42 Å². The summed E-state index contributed by atoms with van der Waals surface area (Å²) in [5.74, 6) is 0. The quantitative estimate of drug-likeness (QED) is 0.889. The molecule has 1 fully saturated rings. The van der Waals surface area contributed by atoms with Crippen molar-refractivity contribution in [2.24, 2.45) is 0 Å². The third-order valence-corrected chi connectivity index (χ3v) is 5.27. The number of nitrogens with zero attached hydrogens (tertiary/aromatic N) is 2. The van der Waals surface area contributed by atoms with Crippen LogP contribution >= 0.6 is 11.6 Å². The Morgan fingerprint density at radius 3 is 2.48 bits per heavy atom. The smallest absolute Gasteiger partial charge is 0.211 e. The summed E-state index contributed by atoms with van der Waals surface area (Å²) >= 11 is 6.37. The van der Waals surface area contributed by atoms with E-state index in [4.69, 9.17) is 11.6 Å². The Hall–Kier alpha value is -0.820. The topological polar surface area (TPSA) is 52.6 Å². The zero-order valence-corrected chi connectivity index (χ0v) is 14.0. The van der Waals surface area contributed by atoms with E-state index in [9.17, 15) is 8.42 Å². The van der Waals surface area contributed by atoms with Gasteiger partial charge in [-0.3, -0.25) is 0 Å². The van der Waals surface area contributed by atoms with Gasteiger partial charge in [0.25, 0.3) is 0 Å². The lowest BCUT2D eigenvalue weighted by Gasteiger charge is -2.36. The number of piperazine rings is 1. The zero-order valence-electron chi connectivity index (χ0n) is 12.5. The number of hydrogen-bond acceptors (Lipinski definition) is 4. The molecule has 0 saturated carbocycles. The molecule has 0 atom stereocenters. The first kappa shape index (κ1) is 16.5. The number of nitrogens with one attached hydrogen (secondary N) is 1. The molecule has 0 aliphatic carbocycles. The van der Waals surface area contributed by atoms with Gasteiger partial charge in [0, 0.05) is 32.7 Å².